The van der Waals surface area contributed by atoms with E-state index in [4.69, 9.17) is 34.9 Å². The van der Waals surface area contributed by atoms with Gasteiger partial charge in [0.15, 0.2) is 18.6 Å². The van der Waals surface area contributed by atoms with Crippen LogP contribution < -0.4 is 13.7 Å². The van der Waals surface area contributed by atoms with Crippen LogP contribution in [-0.4, -0.2) is 77.6 Å². The topological polar surface area (TPSA) is 198 Å². The maximum absolute atomic E-state index is 11.8. The van der Waals surface area contributed by atoms with Gasteiger partial charge in [-0.05, 0) is 129 Å². The quantitative estimate of drug-likeness (QED) is 0.0304. The average molecular weight is 1270 g/mol. The lowest BCUT2D eigenvalue weighted by molar-refractivity contribution is -0.685. The van der Waals surface area contributed by atoms with E-state index in [9.17, 15) is 20.4 Å². The van der Waals surface area contributed by atoms with Gasteiger partial charge < -0.3 is 30.3 Å². The van der Waals surface area contributed by atoms with Gasteiger partial charge in [-0.25, -0.2) is 34.9 Å². The molecule has 474 valence electrons. The fourth-order valence-electron chi connectivity index (χ4n) is 12.5. The third-order valence-electron chi connectivity index (χ3n) is 17.2. The summed E-state index contributed by atoms with van der Waals surface area (Å²) >= 11 is 0. The van der Waals surface area contributed by atoms with Crippen LogP contribution in [0.5, 0.6) is 0 Å². The summed E-state index contributed by atoms with van der Waals surface area (Å²) in [6.45, 7) is 8.01. The summed E-state index contributed by atoms with van der Waals surface area (Å²) < 4.78 is 5.90. The number of aromatic nitrogens is 4. The van der Waals surface area contributed by atoms with E-state index in [2.05, 4.69) is 4.98 Å². The highest BCUT2D eigenvalue weighted by atomic mass is 16.3. The van der Waals surface area contributed by atoms with Crippen molar-refractivity contribution in [3.8, 4) is 0 Å². The van der Waals surface area contributed by atoms with Gasteiger partial charge in [-0.15, -0.1) is 0 Å². The van der Waals surface area contributed by atoms with E-state index < -0.39 is 0 Å². The van der Waals surface area contributed by atoms with Crippen molar-refractivity contribution in [3.63, 3.8) is 0 Å². The van der Waals surface area contributed by atoms with Crippen LogP contribution in [0.1, 0.15) is 103 Å². The molecule has 8 aromatic rings. The summed E-state index contributed by atoms with van der Waals surface area (Å²) in [6.07, 6.45) is 25.5. The average Bonchev–Trinajstić information content (AvgIpc) is 1.58. The van der Waals surface area contributed by atoms with Crippen LogP contribution in [0.2, 0.25) is 0 Å². The first kappa shape index (κ1) is 62.8. The van der Waals surface area contributed by atoms with Gasteiger partial charge in [-0.3, -0.25) is 0 Å². The fourth-order valence-corrected chi connectivity index (χ4v) is 12.5. The van der Waals surface area contributed by atoms with E-state index in [-0.39, 0.29) is 73.9 Å². The Morgan fingerprint density at radius 2 is 0.708 bits per heavy atom. The van der Waals surface area contributed by atoms with E-state index in [1.54, 1.807) is 0 Å². The predicted molar refractivity (Wildman–Crippen MR) is 381 cm³/mol. The first-order valence-electron chi connectivity index (χ1n) is 32.2. The molecule has 4 aromatic heterocycles. The van der Waals surface area contributed by atoms with Gasteiger partial charge in [0.1, 0.15) is 0 Å². The van der Waals surface area contributed by atoms with Crippen LogP contribution in [0.4, 0.5) is 0 Å². The Bertz CT molecular complexity index is 4810. The van der Waals surface area contributed by atoms with Gasteiger partial charge >= 0.3 is 0 Å². The number of fused-ring (bicyclic) bond motifs is 5. The van der Waals surface area contributed by atoms with Crippen molar-refractivity contribution in [2.45, 2.75) is 71.5 Å². The van der Waals surface area contributed by atoms with Crippen molar-refractivity contribution in [3.05, 3.63) is 347 Å². The first-order valence-corrected chi connectivity index (χ1v) is 32.2. The normalized spacial score (nSPS) is 17.7. The number of nitrogens with one attached hydrogen (secondary N) is 1. The number of benzene rings is 4. The zero-order valence-corrected chi connectivity index (χ0v) is 53.7. The molecule has 4 unspecified atom stereocenters. The maximum atomic E-state index is 11.8. The number of hydrogen-bond acceptors (Lipinski definition) is 8. The largest absolute Gasteiger partial charge is 0.495 e. The molecule has 4 aromatic carbocycles. The molecule has 16 nitrogen and oxygen atoms in total. The number of H-pyrrole nitrogens is 1. The van der Waals surface area contributed by atoms with Crippen LogP contribution in [0.25, 0.3) is 16.7 Å². The third-order valence-corrected chi connectivity index (χ3v) is 17.2. The number of aliphatic hydroxyl groups excluding tert-OH is 4. The number of aliphatic hydroxyl groups is 4. The van der Waals surface area contributed by atoms with Crippen LogP contribution in [0.15, 0.2) is 331 Å². The van der Waals surface area contributed by atoms with Crippen molar-refractivity contribution >= 4 is 57.4 Å². The second-order valence-corrected chi connectivity index (χ2v) is 23.8. The van der Waals surface area contributed by atoms with Crippen LogP contribution >= 0.6 is 0 Å². The lowest BCUT2D eigenvalue weighted by Gasteiger charge is -2.26. The lowest BCUT2D eigenvalue weighted by Crippen LogP contribution is -2.42. The third kappa shape index (κ3) is 14.0. The number of pyridine rings is 3. The molecule has 0 aliphatic carbocycles. The van der Waals surface area contributed by atoms with E-state index in [0.717, 1.165) is 33.6 Å². The first-order chi connectivity index (χ1) is 46.9. The van der Waals surface area contributed by atoms with Gasteiger partial charge in [0.2, 0.25) is 60.3 Å². The number of aromatic amines is 1. The lowest BCUT2D eigenvalue weighted by atomic mass is 10.00. The molecule has 5 aliphatic heterocycles. The minimum absolute atomic E-state index is 0.0353. The molecular weight excluding hydrogens is 1190 g/mol. The van der Waals surface area contributed by atoms with Crippen molar-refractivity contribution in [2.24, 2.45) is 34.9 Å². The Hall–Kier alpha value is -12.0. The van der Waals surface area contributed by atoms with Crippen molar-refractivity contribution in [1.82, 2.24) is 9.88 Å². The molecule has 5 N–H and O–H groups in total. The Balaban J connectivity index is 1.03. The maximum Gasteiger partial charge on any atom is 0.249 e. The molecule has 4 atom stereocenters. The van der Waals surface area contributed by atoms with Gasteiger partial charge in [0.25, 0.3) is 0 Å². The standard InChI is InChI=1S/C80H70N12O4/c1-53(57-25-9-5-10-26-57)81-73(93)49-89-45-21-17-33-69(89)77-61-37-39-63(85-61)78(70-34-18-22-46-90(70)50-74(94)82-54(2)58-27-11-6-12-28-58)65-41-43-67(87-65)80(72-36-20-24-48-92(72)52-76(96)84-56(4)60-31-15-8-16-32-60)68-44-42-66(88-68)79(64-40-38-62(77)86-64)71-35-19-23-47-91(71)51-75(95)83-55(3)59-29-13-7-14-30-59/h5-48,53-56H,49-52H2,1-4H3,(H2-3,81,82,83,84,85,86,87,88,93,94,95,96)/p+3. The minimum atomic E-state index is -0.318. The Morgan fingerprint density at radius 3 is 1.09 bits per heavy atom. The zero-order chi connectivity index (χ0) is 66.1. The van der Waals surface area contributed by atoms with E-state index in [0.29, 0.717) is 79.3 Å². The summed E-state index contributed by atoms with van der Waals surface area (Å²) in [5.74, 6) is -0.233. The van der Waals surface area contributed by atoms with Gasteiger partial charge in [0.05, 0.1) is 98.7 Å². The second kappa shape index (κ2) is 28.4. The SMILES string of the molecule is CC(N=C(O)CN1C=CC=CC1=C1C2=NC(=C(c3cccc[n+]3CC(O)=NC(C)c3ccccc3)C3=NC(=C(c4cccc[n+]4CC(O)=NC(C)c4ccccc4)c4ccc([nH]4)C(c4cccc[n+]4CC(O)=NC(C)c4ccccc4)=C4C=CC1=N4)C=C3)C=C2)c1ccccc1. The fraction of sp³-hybridized carbons (Fsp3) is 0.150. The van der Waals surface area contributed by atoms with Crippen LogP contribution in [0.3, 0.4) is 0 Å². The summed E-state index contributed by atoms with van der Waals surface area (Å²) in [6, 6.07) is 60.1. The molecule has 0 fully saturated rings. The molecule has 16 heteroatoms. The van der Waals surface area contributed by atoms with Crippen molar-refractivity contribution < 1.29 is 34.1 Å². The van der Waals surface area contributed by atoms with Gasteiger partial charge in [-0.1, -0.05) is 127 Å². The number of aliphatic imine (C=N–C) groups is 7. The Labute approximate surface area is 558 Å². The van der Waals surface area contributed by atoms with Crippen molar-refractivity contribution in [1.29, 1.82) is 0 Å². The Morgan fingerprint density at radius 1 is 0.375 bits per heavy atom. The van der Waals surface area contributed by atoms with E-state index in [1.165, 1.54) is 0 Å². The van der Waals surface area contributed by atoms with Gasteiger partial charge in [-0.2, -0.15) is 13.7 Å². The summed E-state index contributed by atoms with van der Waals surface area (Å²) in [4.78, 5) is 41.8. The molecule has 13 rings (SSSR count). The van der Waals surface area contributed by atoms with E-state index in [1.807, 2.05) is 314 Å². The van der Waals surface area contributed by atoms with Crippen molar-refractivity contribution in [2.75, 3.05) is 6.54 Å². The van der Waals surface area contributed by atoms with Crippen LogP contribution in [0, 0.1) is 0 Å². The molecule has 9 heterocycles. The summed E-state index contributed by atoms with van der Waals surface area (Å²) in [5.41, 5.74) is 14.4. The highest BCUT2D eigenvalue weighted by Crippen LogP contribution is 2.38. The molecule has 5 aliphatic rings. The molecule has 0 spiro atoms. The second-order valence-electron chi connectivity index (χ2n) is 23.8. The number of nitrogens with zero attached hydrogens (tertiary/aromatic N) is 11. The predicted octanol–water partition coefficient (Wildman–Crippen LogP) is 14.4. The summed E-state index contributed by atoms with van der Waals surface area (Å²) in [5, 5.41) is 47.3. The molecule has 8 bridgehead atoms. The van der Waals surface area contributed by atoms with E-state index >= 15 is 0 Å². The minimum Gasteiger partial charge on any atom is -0.495 e. The van der Waals surface area contributed by atoms with Crippen LogP contribution in [-0.2, 0) is 19.6 Å². The monoisotopic (exact) mass is 1270 g/mol. The molecular formula is C80H73N12O4+3. The highest BCUT2D eigenvalue weighted by Gasteiger charge is 2.34. The number of allylic oxidation sites excluding steroid dienone is 11. The summed E-state index contributed by atoms with van der Waals surface area (Å²) in [7, 11) is 0. The number of rotatable bonds is 19. The zero-order valence-electron chi connectivity index (χ0n) is 53.7. The molecule has 96 heavy (non-hydrogen) atoms. The Kier molecular flexibility index (Phi) is 18.6. The highest BCUT2D eigenvalue weighted by molar-refractivity contribution is 6.36. The molecule has 0 radical (unpaired) electrons. The molecule has 0 saturated carbocycles. The van der Waals surface area contributed by atoms with Gasteiger partial charge in [0, 0.05) is 48.2 Å². The smallest absolute Gasteiger partial charge is 0.249 e. The number of hydrogen-bond donors (Lipinski definition) is 5. The molecule has 0 amide bonds. The molecule has 0 saturated heterocycles.